The SMILES string of the molecule is COc1ccc(C)cc1N=C1NC(=O)/C(=C/c2ccc(OCc3ccc([N+](=O)[O-])cc3)c(OC)c2)S1. The second kappa shape index (κ2) is 11.0. The number of rotatable bonds is 8. The molecule has 3 aromatic rings. The number of ether oxygens (including phenoxy) is 3. The molecule has 4 rings (SSSR count). The third-order valence-corrected chi connectivity index (χ3v) is 6.14. The molecule has 0 bridgehead atoms. The zero-order valence-electron chi connectivity index (χ0n) is 19.8. The number of benzene rings is 3. The number of amidine groups is 1. The summed E-state index contributed by atoms with van der Waals surface area (Å²) in [5.41, 5.74) is 3.22. The molecule has 184 valence electrons. The normalized spacial score (nSPS) is 15.1. The molecule has 0 spiro atoms. The average Bonchev–Trinajstić information content (AvgIpc) is 3.21. The quantitative estimate of drug-likeness (QED) is 0.248. The van der Waals surface area contributed by atoms with E-state index in [1.54, 1.807) is 37.5 Å². The number of nitro benzene ring substituents is 1. The summed E-state index contributed by atoms with van der Waals surface area (Å²) < 4.78 is 16.7. The summed E-state index contributed by atoms with van der Waals surface area (Å²) in [5, 5.41) is 14.1. The first kappa shape index (κ1) is 24.8. The van der Waals surface area contributed by atoms with Crippen molar-refractivity contribution >= 4 is 40.3 Å². The standard InChI is InChI=1S/C26H23N3O6S/c1-16-4-10-21(33-2)20(12-16)27-26-28-25(30)24(36-26)14-18-7-11-22(23(13-18)34-3)35-15-17-5-8-19(9-6-17)29(31)32/h4-14H,15H2,1-3H3,(H,27,28,30)/b24-14-. The van der Waals surface area contributed by atoms with Gasteiger partial charge in [0, 0.05) is 12.1 Å². The first-order chi connectivity index (χ1) is 17.4. The van der Waals surface area contributed by atoms with Crippen molar-refractivity contribution in [3.05, 3.63) is 92.4 Å². The van der Waals surface area contributed by atoms with E-state index in [0.717, 1.165) is 16.7 Å². The van der Waals surface area contributed by atoms with Gasteiger partial charge in [-0.15, -0.1) is 0 Å². The highest BCUT2D eigenvalue weighted by Gasteiger charge is 2.24. The van der Waals surface area contributed by atoms with E-state index in [1.807, 2.05) is 31.2 Å². The molecule has 3 aromatic carbocycles. The summed E-state index contributed by atoms with van der Waals surface area (Å²) in [6.45, 7) is 2.18. The minimum absolute atomic E-state index is 0.0220. The van der Waals surface area contributed by atoms with Gasteiger partial charge in [0.2, 0.25) is 0 Å². The Bertz CT molecular complexity index is 1370. The fourth-order valence-corrected chi connectivity index (χ4v) is 4.23. The summed E-state index contributed by atoms with van der Waals surface area (Å²) in [5.74, 6) is 1.38. The molecule has 1 fully saturated rings. The largest absolute Gasteiger partial charge is 0.494 e. The molecule has 10 heteroatoms. The molecule has 0 atom stereocenters. The van der Waals surface area contributed by atoms with Crippen LogP contribution in [0.3, 0.4) is 0 Å². The van der Waals surface area contributed by atoms with E-state index in [2.05, 4.69) is 10.3 Å². The van der Waals surface area contributed by atoms with E-state index < -0.39 is 4.92 Å². The Labute approximate surface area is 211 Å². The van der Waals surface area contributed by atoms with Gasteiger partial charge in [0.05, 0.1) is 24.0 Å². The second-order valence-corrected chi connectivity index (χ2v) is 8.81. The number of non-ortho nitro benzene ring substituents is 1. The van der Waals surface area contributed by atoms with Crippen molar-refractivity contribution in [2.45, 2.75) is 13.5 Å². The Hall–Kier alpha value is -4.31. The van der Waals surface area contributed by atoms with Crippen molar-refractivity contribution < 1.29 is 23.9 Å². The van der Waals surface area contributed by atoms with Crippen LogP contribution in [0.2, 0.25) is 0 Å². The predicted molar refractivity (Wildman–Crippen MR) is 139 cm³/mol. The molecule has 1 aliphatic heterocycles. The van der Waals surface area contributed by atoms with Crippen LogP contribution in [0, 0.1) is 17.0 Å². The van der Waals surface area contributed by atoms with Gasteiger partial charge < -0.3 is 19.5 Å². The third kappa shape index (κ3) is 5.84. The molecule has 1 saturated heterocycles. The molecule has 1 N–H and O–H groups in total. The molecule has 0 saturated carbocycles. The molecular formula is C26H23N3O6S. The highest BCUT2D eigenvalue weighted by molar-refractivity contribution is 8.18. The molecule has 0 radical (unpaired) electrons. The Morgan fingerprint density at radius 1 is 1.00 bits per heavy atom. The number of nitro groups is 1. The van der Waals surface area contributed by atoms with Gasteiger partial charge in [0.15, 0.2) is 16.7 Å². The lowest BCUT2D eigenvalue weighted by atomic mass is 10.2. The van der Waals surface area contributed by atoms with Crippen molar-refractivity contribution in [3.8, 4) is 17.2 Å². The zero-order valence-corrected chi connectivity index (χ0v) is 20.6. The van der Waals surface area contributed by atoms with Gasteiger partial charge in [0.1, 0.15) is 18.0 Å². The number of aliphatic imine (C=N–C) groups is 1. The summed E-state index contributed by atoms with van der Waals surface area (Å²) in [6, 6.07) is 17.1. The van der Waals surface area contributed by atoms with Gasteiger partial charge in [-0.1, -0.05) is 12.1 Å². The maximum Gasteiger partial charge on any atom is 0.269 e. The van der Waals surface area contributed by atoms with Crippen LogP contribution in [0.5, 0.6) is 17.2 Å². The van der Waals surface area contributed by atoms with Crippen molar-refractivity contribution in [3.63, 3.8) is 0 Å². The fourth-order valence-electron chi connectivity index (χ4n) is 3.40. The van der Waals surface area contributed by atoms with Gasteiger partial charge in [-0.3, -0.25) is 14.9 Å². The van der Waals surface area contributed by atoms with Gasteiger partial charge >= 0.3 is 0 Å². The van der Waals surface area contributed by atoms with Crippen LogP contribution < -0.4 is 19.5 Å². The molecular weight excluding hydrogens is 482 g/mol. The highest BCUT2D eigenvalue weighted by Crippen LogP contribution is 2.34. The molecule has 0 aromatic heterocycles. The van der Waals surface area contributed by atoms with Crippen LogP contribution in [0.1, 0.15) is 16.7 Å². The zero-order chi connectivity index (χ0) is 25.7. The Kier molecular flexibility index (Phi) is 7.55. The number of hydrogen-bond acceptors (Lipinski definition) is 8. The minimum atomic E-state index is -0.446. The Morgan fingerprint density at radius 2 is 1.72 bits per heavy atom. The van der Waals surface area contributed by atoms with Crippen LogP contribution in [0.25, 0.3) is 6.08 Å². The number of nitrogens with zero attached hydrogens (tertiary/aromatic N) is 2. The maximum absolute atomic E-state index is 12.5. The van der Waals surface area contributed by atoms with Gasteiger partial charge in [-0.25, -0.2) is 4.99 Å². The first-order valence-corrected chi connectivity index (χ1v) is 11.7. The average molecular weight is 506 g/mol. The van der Waals surface area contributed by atoms with E-state index in [0.29, 0.717) is 33.0 Å². The number of methoxy groups -OCH3 is 2. The lowest BCUT2D eigenvalue weighted by molar-refractivity contribution is -0.384. The second-order valence-electron chi connectivity index (χ2n) is 7.78. The number of hydrogen-bond donors (Lipinski definition) is 1. The first-order valence-electron chi connectivity index (χ1n) is 10.8. The monoisotopic (exact) mass is 505 g/mol. The maximum atomic E-state index is 12.5. The van der Waals surface area contributed by atoms with E-state index in [9.17, 15) is 14.9 Å². The van der Waals surface area contributed by atoms with Crippen molar-refractivity contribution in [2.75, 3.05) is 14.2 Å². The Balaban J connectivity index is 1.48. The molecule has 36 heavy (non-hydrogen) atoms. The summed E-state index contributed by atoms with van der Waals surface area (Å²) >= 11 is 1.24. The number of amides is 1. The lowest BCUT2D eigenvalue weighted by Crippen LogP contribution is -2.19. The number of carbonyl (C=O) groups excluding carboxylic acids is 1. The predicted octanol–water partition coefficient (Wildman–Crippen LogP) is 5.39. The summed E-state index contributed by atoms with van der Waals surface area (Å²) in [6.07, 6.45) is 1.75. The van der Waals surface area contributed by atoms with Gasteiger partial charge in [-0.05, 0) is 77.9 Å². The summed E-state index contributed by atoms with van der Waals surface area (Å²) in [4.78, 5) is 27.9. The fraction of sp³-hybridized carbons (Fsp3) is 0.154. The van der Waals surface area contributed by atoms with Crippen LogP contribution in [0.4, 0.5) is 11.4 Å². The van der Waals surface area contributed by atoms with Gasteiger partial charge in [-0.2, -0.15) is 0 Å². The third-order valence-electron chi connectivity index (χ3n) is 5.23. The smallest absolute Gasteiger partial charge is 0.269 e. The molecule has 1 aliphatic rings. The van der Waals surface area contributed by atoms with Crippen LogP contribution in [0.15, 0.2) is 70.6 Å². The van der Waals surface area contributed by atoms with E-state index in [-0.39, 0.29) is 18.2 Å². The van der Waals surface area contributed by atoms with Crippen LogP contribution in [-0.4, -0.2) is 30.2 Å². The lowest BCUT2D eigenvalue weighted by Gasteiger charge is -2.11. The van der Waals surface area contributed by atoms with Crippen molar-refractivity contribution in [2.24, 2.45) is 4.99 Å². The van der Waals surface area contributed by atoms with E-state index in [4.69, 9.17) is 14.2 Å². The molecule has 1 amide bonds. The van der Waals surface area contributed by atoms with Gasteiger partial charge in [0.25, 0.3) is 11.6 Å². The minimum Gasteiger partial charge on any atom is -0.494 e. The molecule has 0 unspecified atom stereocenters. The highest BCUT2D eigenvalue weighted by atomic mass is 32.2. The van der Waals surface area contributed by atoms with Crippen molar-refractivity contribution in [1.29, 1.82) is 0 Å². The number of thioether (sulfide) groups is 1. The summed E-state index contributed by atoms with van der Waals surface area (Å²) in [7, 11) is 3.11. The Morgan fingerprint density at radius 3 is 2.42 bits per heavy atom. The number of carbonyl (C=O) groups is 1. The van der Waals surface area contributed by atoms with Crippen LogP contribution >= 0.6 is 11.8 Å². The van der Waals surface area contributed by atoms with E-state index in [1.165, 1.54) is 31.0 Å². The molecule has 1 heterocycles. The topological polar surface area (TPSA) is 112 Å². The van der Waals surface area contributed by atoms with Crippen LogP contribution in [-0.2, 0) is 11.4 Å². The molecule has 0 aliphatic carbocycles. The number of nitrogens with one attached hydrogen (secondary N) is 1. The van der Waals surface area contributed by atoms with Crippen molar-refractivity contribution in [1.82, 2.24) is 5.32 Å². The number of aryl methyl sites for hydroxylation is 1. The molecule has 9 nitrogen and oxygen atoms in total. The van der Waals surface area contributed by atoms with E-state index >= 15 is 0 Å².